The number of rotatable bonds is 9. The average Bonchev–Trinajstić information content (AvgIpc) is 3.14. The van der Waals surface area contributed by atoms with Crippen molar-refractivity contribution in [1.29, 1.82) is 0 Å². The molecule has 0 radical (unpaired) electrons. The minimum atomic E-state index is -0.694. The summed E-state index contributed by atoms with van der Waals surface area (Å²) in [6, 6.07) is 0.361. The van der Waals surface area contributed by atoms with Gasteiger partial charge in [-0.15, -0.1) is 24.0 Å². The second-order valence-electron chi connectivity index (χ2n) is 6.77. The first-order chi connectivity index (χ1) is 12.2. The second-order valence-corrected chi connectivity index (χ2v) is 8.78. The van der Waals surface area contributed by atoms with E-state index in [0.29, 0.717) is 31.1 Å². The van der Waals surface area contributed by atoms with E-state index in [2.05, 4.69) is 22.5 Å². The zero-order valence-electron chi connectivity index (χ0n) is 16.2. The zero-order valence-corrected chi connectivity index (χ0v) is 19.4. The van der Waals surface area contributed by atoms with E-state index in [1.807, 2.05) is 6.92 Å². The molecule has 0 bridgehead atoms. The molecule has 2 rings (SSSR count). The molecule has 0 aromatic rings. The van der Waals surface area contributed by atoms with Gasteiger partial charge in [-0.2, -0.15) is 0 Å². The maximum Gasteiger partial charge on any atom is 0.191 e. The van der Waals surface area contributed by atoms with Gasteiger partial charge in [0.05, 0.1) is 25.9 Å². The largest absolute Gasteiger partial charge is 0.377 e. The molecular formula is C18H36IN3O3S. The highest BCUT2D eigenvalue weighted by atomic mass is 127. The van der Waals surface area contributed by atoms with Crippen LogP contribution in [0.3, 0.4) is 0 Å². The van der Waals surface area contributed by atoms with Crippen LogP contribution >= 0.6 is 24.0 Å². The Kier molecular flexibility index (Phi) is 13.1. The molecule has 8 heteroatoms. The van der Waals surface area contributed by atoms with Gasteiger partial charge in [-0.25, -0.2) is 0 Å². The Balaban J connectivity index is 0.00000338. The first-order valence-electron chi connectivity index (χ1n) is 9.84. The molecule has 1 aliphatic heterocycles. The molecule has 2 N–H and O–H groups in total. The molecule has 4 atom stereocenters. The molecule has 0 aromatic carbocycles. The van der Waals surface area contributed by atoms with Crippen LogP contribution in [-0.2, 0) is 20.3 Å². The predicted octanol–water partition coefficient (Wildman–Crippen LogP) is 2.43. The van der Waals surface area contributed by atoms with Gasteiger partial charge in [0.15, 0.2) is 5.96 Å². The molecule has 6 nitrogen and oxygen atoms in total. The van der Waals surface area contributed by atoms with E-state index >= 15 is 0 Å². The first kappa shape index (κ1) is 24.1. The number of hydrogen-bond acceptors (Lipinski definition) is 4. The van der Waals surface area contributed by atoms with Crippen LogP contribution in [0.15, 0.2) is 4.99 Å². The van der Waals surface area contributed by atoms with Gasteiger partial charge in [-0.1, -0.05) is 13.3 Å². The van der Waals surface area contributed by atoms with Gasteiger partial charge in [0, 0.05) is 41.0 Å². The molecule has 2 aliphatic rings. The van der Waals surface area contributed by atoms with E-state index in [9.17, 15) is 4.21 Å². The Morgan fingerprint density at radius 2 is 2.12 bits per heavy atom. The summed E-state index contributed by atoms with van der Waals surface area (Å²) in [5.41, 5.74) is 0. The number of ether oxygens (including phenoxy) is 2. The van der Waals surface area contributed by atoms with Gasteiger partial charge < -0.3 is 20.1 Å². The summed E-state index contributed by atoms with van der Waals surface area (Å²) in [7, 11) is -0.694. The molecule has 1 saturated carbocycles. The van der Waals surface area contributed by atoms with Crippen LogP contribution in [0, 0.1) is 0 Å². The third-order valence-electron chi connectivity index (χ3n) is 4.80. The highest BCUT2D eigenvalue weighted by molar-refractivity contribution is 14.0. The lowest BCUT2D eigenvalue weighted by atomic mass is 9.95. The lowest BCUT2D eigenvalue weighted by molar-refractivity contribution is 0.0200. The SMILES string of the molecule is CCNC(=NCCOCC1CCCO1)NC1CCCC(S(=O)CC)C1.I. The summed E-state index contributed by atoms with van der Waals surface area (Å²) in [5.74, 6) is 1.60. The van der Waals surface area contributed by atoms with Gasteiger partial charge in [0.2, 0.25) is 0 Å². The van der Waals surface area contributed by atoms with Crippen molar-refractivity contribution in [2.45, 2.75) is 69.8 Å². The Morgan fingerprint density at radius 3 is 2.81 bits per heavy atom. The molecule has 154 valence electrons. The fourth-order valence-corrected chi connectivity index (χ4v) is 4.82. The molecule has 0 aromatic heterocycles. The van der Waals surface area contributed by atoms with Gasteiger partial charge in [-0.3, -0.25) is 9.20 Å². The van der Waals surface area contributed by atoms with Gasteiger partial charge >= 0.3 is 0 Å². The number of aliphatic imine (C=N–C) groups is 1. The van der Waals surface area contributed by atoms with Crippen molar-refractivity contribution in [3.8, 4) is 0 Å². The zero-order chi connectivity index (χ0) is 17.9. The molecule has 0 amide bonds. The van der Waals surface area contributed by atoms with Crippen LogP contribution in [0.2, 0.25) is 0 Å². The van der Waals surface area contributed by atoms with E-state index in [1.54, 1.807) is 0 Å². The second kappa shape index (κ2) is 14.1. The van der Waals surface area contributed by atoms with Crippen molar-refractivity contribution in [3.05, 3.63) is 0 Å². The lowest BCUT2D eigenvalue weighted by Gasteiger charge is -2.30. The minimum absolute atomic E-state index is 0. The highest BCUT2D eigenvalue weighted by Crippen LogP contribution is 2.23. The number of nitrogens with one attached hydrogen (secondary N) is 2. The quantitative estimate of drug-likeness (QED) is 0.220. The number of hydrogen-bond donors (Lipinski definition) is 2. The average molecular weight is 501 g/mol. The Morgan fingerprint density at radius 1 is 1.27 bits per heavy atom. The van der Waals surface area contributed by atoms with E-state index < -0.39 is 10.8 Å². The maximum atomic E-state index is 12.1. The van der Waals surface area contributed by atoms with Crippen molar-refractivity contribution >= 4 is 40.7 Å². The van der Waals surface area contributed by atoms with Crippen molar-refractivity contribution < 1.29 is 13.7 Å². The molecule has 26 heavy (non-hydrogen) atoms. The molecule has 2 fully saturated rings. The van der Waals surface area contributed by atoms with Crippen LogP contribution in [0.1, 0.15) is 52.4 Å². The Bertz CT molecular complexity index is 434. The highest BCUT2D eigenvalue weighted by Gasteiger charge is 2.26. The lowest BCUT2D eigenvalue weighted by Crippen LogP contribution is -2.46. The topological polar surface area (TPSA) is 72.0 Å². The number of guanidine groups is 1. The van der Waals surface area contributed by atoms with E-state index in [4.69, 9.17) is 9.47 Å². The minimum Gasteiger partial charge on any atom is -0.377 e. The molecule has 1 saturated heterocycles. The summed E-state index contributed by atoms with van der Waals surface area (Å²) in [6.07, 6.45) is 6.84. The van der Waals surface area contributed by atoms with Crippen LogP contribution in [-0.4, -0.2) is 66.2 Å². The van der Waals surface area contributed by atoms with Crippen molar-refractivity contribution in [1.82, 2.24) is 10.6 Å². The summed E-state index contributed by atoms with van der Waals surface area (Å²) in [6.45, 7) is 7.71. The van der Waals surface area contributed by atoms with E-state index in [1.165, 1.54) is 0 Å². The molecule has 4 unspecified atom stereocenters. The summed E-state index contributed by atoms with van der Waals surface area (Å²) >= 11 is 0. The number of halogens is 1. The number of nitrogens with zero attached hydrogens (tertiary/aromatic N) is 1. The smallest absolute Gasteiger partial charge is 0.191 e. The van der Waals surface area contributed by atoms with Crippen molar-refractivity contribution in [2.24, 2.45) is 4.99 Å². The van der Waals surface area contributed by atoms with Crippen molar-refractivity contribution in [2.75, 3.05) is 38.7 Å². The summed E-state index contributed by atoms with van der Waals surface area (Å²) < 4.78 is 23.3. The summed E-state index contributed by atoms with van der Waals surface area (Å²) in [4.78, 5) is 4.61. The Labute approximate surface area is 178 Å². The first-order valence-corrected chi connectivity index (χ1v) is 11.2. The molecule has 1 heterocycles. The standard InChI is InChI=1S/C18H35N3O3S.HI/c1-3-19-18(20-10-12-23-14-16-8-6-11-24-16)21-15-7-5-9-17(13-15)25(22)4-2;/h15-17H,3-14H2,1-2H3,(H2,19,20,21);1H. The van der Waals surface area contributed by atoms with E-state index in [-0.39, 0.29) is 30.1 Å². The van der Waals surface area contributed by atoms with Gasteiger partial charge in [0.1, 0.15) is 0 Å². The maximum absolute atomic E-state index is 12.1. The fraction of sp³-hybridized carbons (Fsp3) is 0.944. The van der Waals surface area contributed by atoms with Crippen LogP contribution < -0.4 is 10.6 Å². The Hall–Kier alpha value is 0.0700. The van der Waals surface area contributed by atoms with E-state index in [0.717, 1.165) is 63.4 Å². The fourth-order valence-electron chi connectivity index (χ4n) is 3.48. The summed E-state index contributed by atoms with van der Waals surface area (Å²) in [5, 5.41) is 7.15. The van der Waals surface area contributed by atoms with Crippen LogP contribution in [0.5, 0.6) is 0 Å². The van der Waals surface area contributed by atoms with Crippen LogP contribution in [0.25, 0.3) is 0 Å². The third-order valence-corrected chi connectivity index (χ3v) is 6.54. The third kappa shape index (κ3) is 8.84. The van der Waals surface area contributed by atoms with Gasteiger partial charge in [0.25, 0.3) is 0 Å². The van der Waals surface area contributed by atoms with Crippen LogP contribution in [0.4, 0.5) is 0 Å². The molecule has 0 spiro atoms. The predicted molar refractivity (Wildman–Crippen MR) is 119 cm³/mol. The normalized spacial score (nSPS) is 27.6. The molecule has 1 aliphatic carbocycles. The van der Waals surface area contributed by atoms with Crippen molar-refractivity contribution in [3.63, 3.8) is 0 Å². The van der Waals surface area contributed by atoms with Gasteiger partial charge in [-0.05, 0) is 39.0 Å². The molecular weight excluding hydrogens is 465 g/mol. The monoisotopic (exact) mass is 501 g/mol.